The molecule has 2 rings (SSSR count). The lowest BCUT2D eigenvalue weighted by Crippen LogP contribution is -2.19. The van der Waals surface area contributed by atoms with E-state index in [9.17, 15) is 22.0 Å². The molecular weight excluding hydrogens is 362 g/mol. The van der Waals surface area contributed by atoms with Gasteiger partial charge < -0.3 is 5.32 Å². The SMILES string of the molecule is CCc1nc(SCC(=O)Nc2ccccc2S(=O)(=O)C(F)F)n[nH]1. The Morgan fingerprint density at radius 3 is 2.71 bits per heavy atom. The lowest BCUT2D eigenvalue weighted by molar-refractivity contribution is -0.113. The number of para-hydroxylation sites is 1. The summed E-state index contributed by atoms with van der Waals surface area (Å²) in [5.41, 5.74) is -0.187. The summed E-state index contributed by atoms with van der Waals surface area (Å²) < 4.78 is 48.6. The minimum atomic E-state index is -4.80. The number of aryl methyl sites for hydroxylation is 1. The number of alkyl halides is 2. The van der Waals surface area contributed by atoms with Crippen molar-refractivity contribution in [3.63, 3.8) is 0 Å². The van der Waals surface area contributed by atoms with Gasteiger partial charge in [-0.05, 0) is 12.1 Å². The van der Waals surface area contributed by atoms with Gasteiger partial charge in [-0.25, -0.2) is 13.4 Å². The average molecular weight is 376 g/mol. The van der Waals surface area contributed by atoms with Crippen molar-refractivity contribution in [3.8, 4) is 0 Å². The van der Waals surface area contributed by atoms with Crippen molar-refractivity contribution in [1.82, 2.24) is 15.2 Å². The van der Waals surface area contributed by atoms with E-state index in [1.165, 1.54) is 18.2 Å². The molecule has 0 atom stereocenters. The minimum absolute atomic E-state index is 0.0932. The van der Waals surface area contributed by atoms with Gasteiger partial charge in [-0.1, -0.05) is 30.8 Å². The van der Waals surface area contributed by atoms with Gasteiger partial charge in [0, 0.05) is 6.42 Å². The molecule has 0 aliphatic carbocycles. The zero-order chi connectivity index (χ0) is 17.7. The molecule has 1 aromatic carbocycles. The number of benzene rings is 1. The number of hydrogen-bond donors (Lipinski definition) is 2. The Balaban J connectivity index is 2.07. The predicted molar refractivity (Wildman–Crippen MR) is 84.7 cm³/mol. The first-order valence-corrected chi connectivity index (χ1v) is 9.32. The number of thioether (sulfide) groups is 1. The van der Waals surface area contributed by atoms with Gasteiger partial charge in [-0.15, -0.1) is 5.10 Å². The monoisotopic (exact) mass is 376 g/mol. The lowest BCUT2D eigenvalue weighted by Gasteiger charge is -2.10. The number of rotatable bonds is 7. The molecule has 1 amide bonds. The van der Waals surface area contributed by atoms with Crippen molar-refractivity contribution in [1.29, 1.82) is 0 Å². The second-order valence-electron chi connectivity index (χ2n) is 4.56. The molecule has 0 unspecified atom stereocenters. The molecule has 0 spiro atoms. The normalized spacial score (nSPS) is 11.7. The first kappa shape index (κ1) is 18.3. The molecule has 2 aromatic rings. The highest BCUT2D eigenvalue weighted by molar-refractivity contribution is 7.99. The largest absolute Gasteiger partial charge is 0.341 e. The van der Waals surface area contributed by atoms with E-state index in [2.05, 4.69) is 20.5 Å². The van der Waals surface area contributed by atoms with Crippen LogP contribution in [0.4, 0.5) is 14.5 Å². The molecule has 0 fully saturated rings. The number of hydrogen-bond acceptors (Lipinski definition) is 6. The summed E-state index contributed by atoms with van der Waals surface area (Å²) in [7, 11) is -4.80. The topological polar surface area (TPSA) is 105 Å². The Hall–Kier alpha value is -2.01. The predicted octanol–water partition coefficient (Wildman–Crippen LogP) is 2.09. The van der Waals surface area contributed by atoms with Crippen LogP contribution in [-0.4, -0.2) is 41.0 Å². The molecule has 1 aromatic heterocycles. The van der Waals surface area contributed by atoms with Gasteiger partial charge >= 0.3 is 5.76 Å². The van der Waals surface area contributed by atoms with Crippen molar-refractivity contribution in [2.75, 3.05) is 11.1 Å². The number of nitrogens with zero attached hydrogens (tertiary/aromatic N) is 2. The van der Waals surface area contributed by atoms with Crippen molar-refractivity contribution < 1.29 is 22.0 Å². The fourth-order valence-electron chi connectivity index (χ4n) is 1.73. The molecule has 7 nitrogen and oxygen atoms in total. The van der Waals surface area contributed by atoms with Crippen LogP contribution in [-0.2, 0) is 21.1 Å². The number of sulfone groups is 1. The van der Waals surface area contributed by atoms with E-state index in [1.54, 1.807) is 0 Å². The number of aromatic nitrogens is 3. The van der Waals surface area contributed by atoms with Crippen LogP contribution in [0.3, 0.4) is 0 Å². The van der Waals surface area contributed by atoms with E-state index in [-0.39, 0.29) is 11.4 Å². The molecule has 130 valence electrons. The van der Waals surface area contributed by atoms with Gasteiger partial charge in [0.15, 0.2) is 0 Å². The highest BCUT2D eigenvalue weighted by Gasteiger charge is 2.29. The molecular formula is C13H14F2N4O3S2. The van der Waals surface area contributed by atoms with Crippen LogP contribution in [0.15, 0.2) is 34.3 Å². The van der Waals surface area contributed by atoms with Gasteiger partial charge in [0.1, 0.15) is 5.82 Å². The zero-order valence-electron chi connectivity index (χ0n) is 12.5. The van der Waals surface area contributed by atoms with E-state index in [1.807, 2.05) is 6.92 Å². The minimum Gasteiger partial charge on any atom is -0.324 e. The Bertz CT molecular complexity index is 824. The van der Waals surface area contributed by atoms with E-state index in [4.69, 9.17) is 0 Å². The van der Waals surface area contributed by atoms with Crippen LogP contribution in [0.1, 0.15) is 12.7 Å². The number of nitrogens with one attached hydrogen (secondary N) is 2. The molecule has 11 heteroatoms. The maximum absolute atomic E-state index is 12.7. The fraction of sp³-hybridized carbons (Fsp3) is 0.308. The zero-order valence-corrected chi connectivity index (χ0v) is 14.1. The first-order valence-electron chi connectivity index (χ1n) is 6.79. The number of carbonyl (C=O) groups is 1. The van der Waals surface area contributed by atoms with Crippen LogP contribution in [0.2, 0.25) is 0 Å². The smallest absolute Gasteiger partial charge is 0.324 e. The van der Waals surface area contributed by atoms with Crippen LogP contribution in [0, 0.1) is 0 Å². The number of carbonyl (C=O) groups excluding carboxylic acids is 1. The van der Waals surface area contributed by atoms with Gasteiger partial charge in [-0.3, -0.25) is 9.89 Å². The Morgan fingerprint density at radius 2 is 2.08 bits per heavy atom. The average Bonchev–Trinajstić information content (AvgIpc) is 3.01. The molecule has 0 radical (unpaired) electrons. The van der Waals surface area contributed by atoms with Gasteiger partial charge in [0.25, 0.3) is 0 Å². The maximum Gasteiger partial charge on any atom is 0.341 e. The maximum atomic E-state index is 12.7. The molecule has 0 saturated heterocycles. The quantitative estimate of drug-likeness (QED) is 0.717. The summed E-state index contributed by atoms with van der Waals surface area (Å²) in [4.78, 5) is 15.4. The van der Waals surface area contributed by atoms with E-state index >= 15 is 0 Å². The Morgan fingerprint density at radius 1 is 1.38 bits per heavy atom. The number of amides is 1. The van der Waals surface area contributed by atoms with Crippen molar-refractivity contribution >= 4 is 33.2 Å². The summed E-state index contributed by atoms with van der Waals surface area (Å²) in [5.74, 6) is -3.54. The molecule has 0 bridgehead atoms. The number of halogens is 2. The fourth-order valence-corrected chi connectivity index (χ4v) is 3.23. The van der Waals surface area contributed by atoms with E-state index < -0.39 is 26.4 Å². The van der Waals surface area contributed by atoms with Gasteiger partial charge in [0.05, 0.1) is 16.3 Å². The second kappa shape index (κ2) is 7.71. The third-order valence-corrected chi connectivity index (χ3v) is 5.17. The second-order valence-corrected chi connectivity index (χ2v) is 7.39. The van der Waals surface area contributed by atoms with Crippen LogP contribution in [0.5, 0.6) is 0 Å². The summed E-state index contributed by atoms with van der Waals surface area (Å²) in [6, 6.07) is 5.02. The van der Waals surface area contributed by atoms with Gasteiger partial charge in [0.2, 0.25) is 20.9 Å². The van der Waals surface area contributed by atoms with Crippen molar-refractivity contribution in [2.24, 2.45) is 0 Å². The first-order chi connectivity index (χ1) is 11.3. The van der Waals surface area contributed by atoms with Crippen LogP contribution >= 0.6 is 11.8 Å². The van der Waals surface area contributed by atoms with Crippen LogP contribution in [0.25, 0.3) is 0 Å². The summed E-state index contributed by atoms with van der Waals surface area (Å²) >= 11 is 1.04. The number of anilines is 1. The number of H-pyrrole nitrogens is 1. The highest BCUT2D eigenvalue weighted by Crippen LogP contribution is 2.26. The van der Waals surface area contributed by atoms with Crippen LogP contribution < -0.4 is 5.32 Å². The summed E-state index contributed by atoms with van der Waals surface area (Å²) in [5, 5.41) is 9.29. The Labute approximate surface area is 141 Å². The van der Waals surface area contributed by atoms with Crippen molar-refractivity contribution in [2.45, 2.75) is 29.2 Å². The molecule has 0 saturated carbocycles. The Kier molecular flexibility index (Phi) is 5.89. The third-order valence-electron chi connectivity index (χ3n) is 2.88. The summed E-state index contributed by atoms with van der Waals surface area (Å²) in [6.07, 6.45) is 0.665. The molecule has 24 heavy (non-hydrogen) atoms. The van der Waals surface area contributed by atoms with E-state index in [0.717, 1.165) is 17.8 Å². The highest BCUT2D eigenvalue weighted by atomic mass is 32.2. The third kappa shape index (κ3) is 4.29. The molecule has 1 heterocycles. The van der Waals surface area contributed by atoms with Crippen molar-refractivity contribution in [3.05, 3.63) is 30.1 Å². The lowest BCUT2D eigenvalue weighted by atomic mass is 10.3. The summed E-state index contributed by atoms with van der Waals surface area (Å²) in [6.45, 7) is 1.89. The molecule has 0 aliphatic rings. The molecule has 0 aliphatic heterocycles. The molecule has 2 N–H and O–H groups in total. The van der Waals surface area contributed by atoms with E-state index in [0.29, 0.717) is 17.4 Å². The number of aromatic amines is 1. The standard InChI is InChI=1S/C13H14F2N4O3S2/c1-2-10-17-13(19-18-10)23-7-11(20)16-8-5-3-4-6-9(8)24(21,22)12(14)15/h3-6,12H,2,7H2,1H3,(H,16,20)(H,17,18,19). The van der Waals surface area contributed by atoms with Gasteiger partial charge in [-0.2, -0.15) is 8.78 Å².